The molecule has 0 aliphatic heterocycles. The SMILES string of the molecule is c1ccc(N(c2ccc(-c3cccc4ccccc34)cc2)c2cccc(-c3cccc(-c4cccc5c4sc4ccccc45)c3)c2)cc1. The Labute approximate surface area is 284 Å². The number of rotatable bonds is 6. The van der Waals surface area contributed by atoms with Crippen molar-refractivity contribution in [1.29, 1.82) is 0 Å². The second kappa shape index (κ2) is 12.0. The summed E-state index contributed by atoms with van der Waals surface area (Å²) in [6.07, 6.45) is 0. The summed E-state index contributed by atoms with van der Waals surface area (Å²) in [5.74, 6) is 0. The van der Waals surface area contributed by atoms with Gasteiger partial charge in [-0.25, -0.2) is 0 Å². The number of anilines is 3. The average molecular weight is 630 g/mol. The van der Waals surface area contributed by atoms with Gasteiger partial charge in [0.2, 0.25) is 0 Å². The fourth-order valence-electron chi connectivity index (χ4n) is 6.96. The van der Waals surface area contributed by atoms with E-state index in [2.05, 4.69) is 193 Å². The Morgan fingerprint density at radius 2 is 0.917 bits per heavy atom. The second-order valence-corrected chi connectivity index (χ2v) is 13.2. The summed E-state index contributed by atoms with van der Waals surface area (Å²) in [6, 6.07) is 68.0. The first-order valence-corrected chi connectivity index (χ1v) is 17.2. The monoisotopic (exact) mass is 629 g/mol. The molecule has 0 fully saturated rings. The Morgan fingerprint density at radius 3 is 1.79 bits per heavy atom. The van der Waals surface area contributed by atoms with Crippen LogP contribution in [-0.2, 0) is 0 Å². The van der Waals surface area contributed by atoms with Crippen molar-refractivity contribution in [3.63, 3.8) is 0 Å². The molecule has 0 amide bonds. The first-order valence-electron chi connectivity index (χ1n) is 16.3. The molecule has 0 unspecified atom stereocenters. The highest BCUT2D eigenvalue weighted by Gasteiger charge is 2.15. The van der Waals surface area contributed by atoms with Gasteiger partial charge in [0.1, 0.15) is 0 Å². The molecule has 2 heteroatoms. The summed E-state index contributed by atoms with van der Waals surface area (Å²) >= 11 is 1.88. The van der Waals surface area contributed by atoms with Crippen molar-refractivity contribution in [2.45, 2.75) is 0 Å². The minimum absolute atomic E-state index is 1.12. The van der Waals surface area contributed by atoms with Gasteiger partial charge in [-0.1, -0.05) is 140 Å². The third kappa shape index (κ3) is 5.04. The molecule has 0 radical (unpaired) electrons. The van der Waals surface area contributed by atoms with E-state index in [1.54, 1.807) is 0 Å². The first-order chi connectivity index (χ1) is 23.8. The van der Waals surface area contributed by atoms with Gasteiger partial charge in [-0.2, -0.15) is 0 Å². The molecule has 9 aromatic rings. The number of fused-ring (bicyclic) bond motifs is 4. The van der Waals surface area contributed by atoms with E-state index < -0.39 is 0 Å². The number of para-hydroxylation sites is 1. The van der Waals surface area contributed by atoms with Gasteiger partial charge in [-0.15, -0.1) is 11.3 Å². The van der Waals surface area contributed by atoms with Crippen LogP contribution in [0.3, 0.4) is 0 Å². The zero-order valence-electron chi connectivity index (χ0n) is 26.3. The largest absolute Gasteiger partial charge is 0.310 e. The van der Waals surface area contributed by atoms with E-state index in [0.29, 0.717) is 0 Å². The Bertz CT molecular complexity index is 2560. The van der Waals surface area contributed by atoms with Gasteiger partial charge in [0.15, 0.2) is 0 Å². The number of hydrogen-bond acceptors (Lipinski definition) is 2. The number of hydrogen-bond donors (Lipinski definition) is 0. The Hall–Kier alpha value is -5.96. The fourth-order valence-corrected chi connectivity index (χ4v) is 8.20. The fraction of sp³-hybridized carbons (Fsp3) is 0. The highest BCUT2D eigenvalue weighted by Crippen LogP contribution is 2.42. The lowest BCUT2D eigenvalue weighted by molar-refractivity contribution is 1.28. The molecule has 0 bridgehead atoms. The lowest BCUT2D eigenvalue weighted by Crippen LogP contribution is -2.09. The molecule has 8 aromatic carbocycles. The molecule has 48 heavy (non-hydrogen) atoms. The first kappa shape index (κ1) is 28.3. The Kier molecular flexibility index (Phi) is 7.07. The van der Waals surface area contributed by atoms with Crippen LogP contribution < -0.4 is 4.90 Å². The number of thiophene rings is 1. The quantitative estimate of drug-likeness (QED) is 0.177. The minimum Gasteiger partial charge on any atom is -0.310 e. The smallest absolute Gasteiger partial charge is 0.0467 e. The van der Waals surface area contributed by atoms with Gasteiger partial charge < -0.3 is 4.90 Å². The topological polar surface area (TPSA) is 3.24 Å². The van der Waals surface area contributed by atoms with E-state index in [1.165, 1.54) is 64.3 Å². The highest BCUT2D eigenvalue weighted by atomic mass is 32.1. The summed E-state index contributed by atoms with van der Waals surface area (Å²) in [6.45, 7) is 0. The Balaban J connectivity index is 1.11. The summed E-state index contributed by atoms with van der Waals surface area (Å²) in [5, 5.41) is 5.18. The molecule has 1 aromatic heterocycles. The van der Waals surface area contributed by atoms with Crippen molar-refractivity contribution in [1.82, 2.24) is 0 Å². The Morgan fingerprint density at radius 1 is 0.333 bits per heavy atom. The standard InChI is InChI=1S/C46H31NS/c1-2-17-37(18-3-1)47(38-28-26-33(27-29-38)41-22-10-13-32-12-4-5-20-40(32)41)39-19-9-15-35(31-39)34-14-8-16-36(30-34)42-23-11-24-44-43-21-6-7-25-45(43)48-46(42)44/h1-31H. The molecule has 0 saturated heterocycles. The van der Waals surface area contributed by atoms with Crippen molar-refractivity contribution in [3.05, 3.63) is 188 Å². The van der Waals surface area contributed by atoms with Crippen molar-refractivity contribution in [3.8, 4) is 33.4 Å². The van der Waals surface area contributed by atoms with Crippen LogP contribution in [0.5, 0.6) is 0 Å². The van der Waals surface area contributed by atoms with Crippen molar-refractivity contribution in [2.75, 3.05) is 4.90 Å². The van der Waals surface area contributed by atoms with Gasteiger partial charge >= 0.3 is 0 Å². The normalized spacial score (nSPS) is 11.3. The van der Waals surface area contributed by atoms with Gasteiger partial charge in [-0.05, 0) is 92.7 Å². The molecule has 0 spiro atoms. The van der Waals surface area contributed by atoms with E-state index in [-0.39, 0.29) is 0 Å². The van der Waals surface area contributed by atoms with E-state index in [0.717, 1.165) is 17.1 Å². The van der Waals surface area contributed by atoms with Crippen LogP contribution in [0.2, 0.25) is 0 Å². The van der Waals surface area contributed by atoms with Crippen molar-refractivity contribution < 1.29 is 0 Å². The lowest BCUT2D eigenvalue weighted by Gasteiger charge is -2.26. The molecule has 1 nitrogen and oxygen atoms in total. The predicted molar refractivity (Wildman–Crippen MR) is 208 cm³/mol. The van der Waals surface area contributed by atoms with Crippen LogP contribution in [0.4, 0.5) is 17.1 Å². The van der Waals surface area contributed by atoms with Crippen LogP contribution >= 0.6 is 11.3 Å². The van der Waals surface area contributed by atoms with E-state index in [1.807, 2.05) is 11.3 Å². The van der Waals surface area contributed by atoms with Gasteiger partial charge in [-0.3, -0.25) is 0 Å². The summed E-state index contributed by atoms with van der Waals surface area (Å²) in [4.78, 5) is 2.35. The molecule has 0 saturated carbocycles. The van der Waals surface area contributed by atoms with Crippen LogP contribution in [-0.4, -0.2) is 0 Å². The predicted octanol–water partition coefficient (Wildman–Crippen LogP) is 13.7. The molecular formula is C46H31NS. The van der Waals surface area contributed by atoms with Crippen LogP contribution in [0, 0.1) is 0 Å². The maximum Gasteiger partial charge on any atom is 0.0467 e. The van der Waals surface area contributed by atoms with Crippen molar-refractivity contribution in [2.24, 2.45) is 0 Å². The third-order valence-electron chi connectivity index (χ3n) is 9.26. The maximum atomic E-state index is 2.35. The molecule has 0 aliphatic carbocycles. The van der Waals surface area contributed by atoms with E-state index in [4.69, 9.17) is 0 Å². The zero-order chi connectivity index (χ0) is 31.9. The zero-order valence-corrected chi connectivity index (χ0v) is 27.1. The van der Waals surface area contributed by atoms with Crippen LogP contribution in [0.25, 0.3) is 64.3 Å². The highest BCUT2D eigenvalue weighted by molar-refractivity contribution is 7.26. The molecular weight excluding hydrogens is 599 g/mol. The number of benzene rings is 8. The van der Waals surface area contributed by atoms with Crippen molar-refractivity contribution >= 4 is 59.3 Å². The van der Waals surface area contributed by atoms with E-state index >= 15 is 0 Å². The molecule has 9 rings (SSSR count). The summed E-state index contributed by atoms with van der Waals surface area (Å²) < 4.78 is 2.67. The van der Waals surface area contributed by atoms with E-state index in [9.17, 15) is 0 Å². The second-order valence-electron chi connectivity index (χ2n) is 12.2. The van der Waals surface area contributed by atoms with Gasteiger partial charge in [0.05, 0.1) is 0 Å². The lowest BCUT2D eigenvalue weighted by atomic mass is 9.97. The molecule has 0 atom stereocenters. The molecule has 0 N–H and O–H groups in total. The summed E-state index contributed by atoms with van der Waals surface area (Å²) in [7, 11) is 0. The molecule has 226 valence electrons. The average Bonchev–Trinajstić information content (AvgIpc) is 3.55. The maximum absolute atomic E-state index is 2.35. The minimum atomic E-state index is 1.12. The van der Waals surface area contributed by atoms with Gasteiger partial charge in [0, 0.05) is 37.2 Å². The summed E-state index contributed by atoms with van der Waals surface area (Å²) in [5.41, 5.74) is 10.7. The van der Waals surface area contributed by atoms with Crippen LogP contribution in [0.1, 0.15) is 0 Å². The third-order valence-corrected chi connectivity index (χ3v) is 10.5. The van der Waals surface area contributed by atoms with Gasteiger partial charge in [0.25, 0.3) is 0 Å². The molecule has 0 aliphatic rings. The number of nitrogens with zero attached hydrogens (tertiary/aromatic N) is 1. The van der Waals surface area contributed by atoms with Crippen LogP contribution in [0.15, 0.2) is 188 Å². The molecule has 1 heterocycles.